The number of fused-ring (bicyclic) bond motifs is 1. The first-order valence-electron chi connectivity index (χ1n) is 9.74. The largest absolute Gasteiger partial charge is 0.290 e. The van der Waals surface area contributed by atoms with Gasteiger partial charge in [0.25, 0.3) is 23.0 Å². The molecule has 1 aliphatic rings. The van der Waals surface area contributed by atoms with Crippen molar-refractivity contribution in [3.05, 3.63) is 100 Å². The van der Waals surface area contributed by atoms with E-state index in [1.54, 1.807) is 72.8 Å². The van der Waals surface area contributed by atoms with E-state index < -0.39 is 11.1 Å². The first kappa shape index (κ1) is 21.8. The van der Waals surface area contributed by atoms with Crippen molar-refractivity contribution in [1.82, 2.24) is 4.90 Å². The maximum atomic E-state index is 13.3. The van der Waals surface area contributed by atoms with E-state index in [1.807, 2.05) is 0 Å². The Labute approximate surface area is 194 Å². The topological polar surface area (TPSA) is 74.8 Å². The van der Waals surface area contributed by atoms with Crippen molar-refractivity contribution in [2.24, 2.45) is 0 Å². The van der Waals surface area contributed by atoms with Gasteiger partial charge >= 0.3 is 0 Å². The smallest absolute Gasteiger partial charge is 0.274 e. The van der Waals surface area contributed by atoms with E-state index in [0.29, 0.717) is 27.4 Å². The van der Waals surface area contributed by atoms with Crippen LogP contribution in [-0.4, -0.2) is 34.4 Å². The minimum atomic E-state index is -0.743. The van der Waals surface area contributed by atoms with Gasteiger partial charge in [-0.15, -0.1) is 0 Å². The monoisotopic (exact) mass is 464 g/mol. The van der Waals surface area contributed by atoms with Crippen LogP contribution < -0.4 is 4.90 Å². The minimum Gasteiger partial charge on any atom is -0.274 e. The highest BCUT2D eigenvalue weighted by Crippen LogP contribution is 2.25. The zero-order valence-corrected chi connectivity index (χ0v) is 18.3. The number of amides is 4. The summed E-state index contributed by atoms with van der Waals surface area (Å²) in [7, 11) is 0. The fourth-order valence-corrected chi connectivity index (χ4v) is 3.98. The van der Waals surface area contributed by atoms with Gasteiger partial charge in [-0.1, -0.05) is 54.6 Å². The molecule has 0 aromatic heterocycles. The first-order valence-corrected chi connectivity index (χ1v) is 10.6. The van der Waals surface area contributed by atoms with Crippen LogP contribution in [0.25, 0.3) is 0 Å². The fraction of sp³-hybridized carbons (Fsp3) is 0.0833. The van der Waals surface area contributed by atoms with Crippen LogP contribution in [0.1, 0.15) is 36.6 Å². The molecule has 0 aliphatic carbocycles. The van der Waals surface area contributed by atoms with E-state index in [-0.39, 0.29) is 30.3 Å². The van der Waals surface area contributed by atoms with Crippen LogP contribution in [0.15, 0.2) is 72.8 Å². The number of rotatable bonds is 5. The zero-order chi connectivity index (χ0) is 22.8. The van der Waals surface area contributed by atoms with Crippen molar-refractivity contribution in [1.29, 1.82) is 0 Å². The molecule has 3 aromatic carbocycles. The van der Waals surface area contributed by atoms with Crippen LogP contribution in [0.4, 0.5) is 10.5 Å². The number of benzene rings is 3. The highest BCUT2D eigenvalue weighted by Gasteiger charge is 2.35. The SMILES string of the molecule is O=C1c2ccccc2C(=O)N1CCc1ccccc1C(=O)N(C(=O)S)c1ccc(Cl)cc1. The van der Waals surface area contributed by atoms with Crippen molar-refractivity contribution in [2.75, 3.05) is 11.4 Å². The molecule has 0 bridgehead atoms. The summed E-state index contributed by atoms with van der Waals surface area (Å²) in [5.41, 5.74) is 1.95. The second-order valence-corrected chi connectivity index (χ2v) is 7.93. The molecular weight excluding hydrogens is 448 g/mol. The molecule has 0 saturated carbocycles. The van der Waals surface area contributed by atoms with Gasteiger partial charge in [0.05, 0.1) is 16.8 Å². The van der Waals surface area contributed by atoms with Gasteiger partial charge < -0.3 is 0 Å². The Morgan fingerprint density at radius 2 is 1.41 bits per heavy atom. The molecule has 0 N–H and O–H groups in total. The summed E-state index contributed by atoms with van der Waals surface area (Å²) < 4.78 is 0. The van der Waals surface area contributed by atoms with E-state index in [9.17, 15) is 19.2 Å². The second-order valence-electron chi connectivity index (χ2n) is 7.11. The third-order valence-electron chi connectivity index (χ3n) is 5.21. The number of carbonyl (C=O) groups is 4. The highest BCUT2D eigenvalue weighted by molar-refractivity contribution is 7.97. The molecule has 0 unspecified atom stereocenters. The Balaban J connectivity index is 1.58. The van der Waals surface area contributed by atoms with Crippen LogP contribution in [-0.2, 0) is 6.42 Å². The van der Waals surface area contributed by atoms with E-state index >= 15 is 0 Å². The number of halogens is 1. The Kier molecular flexibility index (Phi) is 6.12. The summed E-state index contributed by atoms with van der Waals surface area (Å²) in [6.07, 6.45) is 0.253. The summed E-state index contributed by atoms with van der Waals surface area (Å²) in [4.78, 5) is 52.8. The average Bonchev–Trinajstić information content (AvgIpc) is 3.03. The molecular formula is C24H17ClN2O4S. The Hall–Kier alpha value is -3.42. The second kappa shape index (κ2) is 8.98. The zero-order valence-electron chi connectivity index (χ0n) is 16.7. The number of thiol groups is 1. The number of nitrogens with zero attached hydrogens (tertiary/aromatic N) is 2. The Morgan fingerprint density at radius 1 is 0.844 bits per heavy atom. The fourth-order valence-electron chi connectivity index (χ4n) is 3.65. The van der Waals surface area contributed by atoms with E-state index in [2.05, 4.69) is 12.6 Å². The molecule has 8 heteroatoms. The van der Waals surface area contributed by atoms with Gasteiger partial charge in [-0.05, 0) is 54.4 Å². The minimum absolute atomic E-state index is 0.104. The number of hydrogen-bond acceptors (Lipinski definition) is 4. The predicted octanol–water partition coefficient (Wildman–Crippen LogP) is 4.88. The van der Waals surface area contributed by atoms with Crippen molar-refractivity contribution >= 4 is 52.9 Å². The molecule has 3 aromatic rings. The molecule has 0 radical (unpaired) electrons. The lowest BCUT2D eigenvalue weighted by atomic mass is 10.0. The molecule has 0 atom stereocenters. The normalized spacial score (nSPS) is 12.6. The quantitative estimate of drug-likeness (QED) is 0.431. The molecule has 0 spiro atoms. The summed E-state index contributed by atoms with van der Waals surface area (Å²) >= 11 is 9.78. The van der Waals surface area contributed by atoms with Crippen LogP contribution in [0.2, 0.25) is 5.02 Å². The first-order chi connectivity index (χ1) is 15.4. The Bertz CT molecular complexity index is 1210. The molecule has 160 valence electrons. The van der Waals surface area contributed by atoms with Crippen molar-refractivity contribution in [3.63, 3.8) is 0 Å². The van der Waals surface area contributed by atoms with Gasteiger partial charge in [0.1, 0.15) is 0 Å². The maximum Gasteiger partial charge on any atom is 0.290 e. The number of imide groups is 2. The van der Waals surface area contributed by atoms with Crippen molar-refractivity contribution in [3.8, 4) is 0 Å². The molecule has 6 nitrogen and oxygen atoms in total. The van der Waals surface area contributed by atoms with E-state index in [0.717, 1.165) is 4.90 Å². The highest BCUT2D eigenvalue weighted by atomic mass is 35.5. The third-order valence-corrected chi connectivity index (χ3v) is 5.66. The predicted molar refractivity (Wildman–Crippen MR) is 125 cm³/mol. The van der Waals surface area contributed by atoms with Gasteiger partial charge in [-0.3, -0.25) is 24.1 Å². The summed E-state index contributed by atoms with van der Waals surface area (Å²) in [6.45, 7) is 0.104. The summed E-state index contributed by atoms with van der Waals surface area (Å²) in [5.74, 6) is -1.28. The number of carbonyl (C=O) groups excluding carboxylic acids is 4. The molecule has 1 heterocycles. The molecule has 1 aliphatic heterocycles. The van der Waals surface area contributed by atoms with Gasteiger partial charge in [0.15, 0.2) is 0 Å². The van der Waals surface area contributed by atoms with Crippen LogP contribution in [0.5, 0.6) is 0 Å². The molecule has 4 rings (SSSR count). The summed E-state index contributed by atoms with van der Waals surface area (Å²) in [6, 6.07) is 19.7. The van der Waals surface area contributed by atoms with E-state index in [4.69, 9.17) is 11.6 Å². The van der Waals surface area contributed by atoms with Gasteiger partial charge in [0, 0.05) is 17.1 Å². The molecule has 32 heavy (non-hydrogen) atoms. The van der Waals surface area contributed by atoms with Crippen LogP contribution in [0, 0.1) is 0 Å². The number of anilines is 1. The van der Waals surface area contributed by atoms with Crippen LogP contribution >= 0.6 is 24.2 Å². The Morgan fingerprint density at radius 3 is 2.00 bits per heavy atom. The molecule has 4 amide bonds. The summed E-state index contributed by atoms with van der Waals surface area (Å²) in [5, 5.41) is -0.276. The maximum absolute atomic E-state index is 13.3. The molecule has 0 fully saturated rings. The standard InChI is InChI=1S/C24H17ClN2O4S/c25-16-9-11-17(12-10-16)27(24(31)32)23(30)18-6-2-1-5-15(18)13-14-26-21(28)19-7-3-4-8-20(19)22(26)29/h1-12H,13-14H2,(H,31,32). The van der Waals surface area contributed by atoms with E-state index in [1.165, 1.54) is 4.90 Å². The van der Waals surface area contributed by atoms with Gasteiger partial charge in [-0.2, -0.15) is 0 Å². The number of hydrogen-bond donors (Lipinski definition) is 1. The third kappa shape index (κ3) is 4.04. The lowest BCUT2D eigenvalue weighted by Gasteiger charge is -2.21. The van der Waals surface area contributed by atoms with Crippen molar-refractivity contribution in [2.45, 2.75) is 6.42 Å². The average molecular weight is 465 g/mol. The molecule has 0 saturated heterocycles. The lowest BCUT2D eigenvalue weighted by Crippen LogP contribution is -2.35. The van der Waals surface area contributed by atoms with Crippen molar-refractivity contribution < 1.29 is 19.2 Å². The lowest BCUT2D eigenvalue weighted by molar-refractivity contribution is 0.0656. The van der Waals surface area contributed by atoms with Gasteiger partial charge in [-0.25, -0.2) is 4.90 Å². The van der Waals surface area contributed by atoms with Gasteiger partial charge in [0.2, 0.25) is 0 Å². The van der Waals surface area contributed by atoms with Crippen LogP contribution in [0.3, 0.4) is 0 Å².